The maximum absolute atomic E-state index is 12.7. The van der Waals surface area contributed by atoms with Crippen LogP contribution in [0.25, 0.3) is 0 Å². The minimum atomic E-state index is -0.0986. The summed E-state index contributed by atoms with van der Waals surface area (Å²) in [5.74, 6) is 1.06. The summed E-state index contributed by atoms with van der Waals surface area (Å²) in [5, 5.41) is 3.12. The number of halogens is 1. The maximum Gasteiger partial charge on any atom is 0.255 e. The third-order valence-electron chi connectivity index (χ3n) is 4.29. The Hall–Kier alpha value is -1.14. The van der Waals surface area contributed by atoms with E-state index in [0.717, 1.165) is 17.3 Å². The lowest BCUT2D eigenvalue weighted by atomic mass is 9.84. The van der Waals surface area contributed by atoms with E-state index in [4.69, 9.17) is 5.73 Å². The normalized spacial score (nSPS) is 17.1. The number of nitrogens with two attached hydrogens (primary N) is 1. The molecule has 0 bridgehead atoms. The van der Waals surface area contributed by atoms with Gasteiger partial charge in [-0.05, 0) is 40.8 Å². The molecule has 1 aliphatic carbocycles. The van der Waals surface area contributed by atoms with Gasteiger partial charge in [-0.2, -0.15) is 0 Å². The number of carbonyl (C=O) groups excluding carboxylic acids is 1. The zero-order chi connectivity index (χ0) is 16.1. The number of nitrogens with one attached hydrogen (secondary N) is 1. The van der Waals surface area contributed by atoms with Gasteiger partial charge in [0.2, 0.25) is 0 Å². The predicted octanol–water partition coefficient (Wildman–Crippen LogP) is 2.55. The summed E-state index contributed by atoms with van der Waals surface area (Å²) < 4.78 is 0.796. The number of hydrogen-bond donors (Lipinski definition) is 2. The lowest BCUT2D eigenvalue weighted by molar-refractivity contribution is 0.0915. The molecule has 1 amide bonds. The number of aromatic nitrogens is 1. The molecule has 1 aromatic heterocycles. The molecule has 1 aliphatic rings. The zero-order valence-corrected chi connectivity index (χ0v) is 14.9. The van der Waals surface area contributed by atoms with Crippen LogP contribution in [0.3, 0.4) is 0 Å². The third-order valence-corrected chi connectivity index (χ3v) is 4.72. The van der Waals surface area contributed by atoms with Crippen LogP contribution in [0.5, 0.6) is 0 Å². The second-order valence-corrected chi connectivity index (χ2v) is 7.05. The molecule has 0 radical (unpaired) electrons. The van der Waals surface area contributed by atoms with Gasteiger partial charge in [0.15, 0.2) is 0 Å². The number of carbonyl (C=O) groups is 1. The first kappa shape index (κ1) is 17.2. The van der Waals surface area contributed by atoms with Crippen LogP contribution in [0.1, 0.15) is 42.5 Å². The fourth-order valence-electron chi connectivity index (χ4n) is 3.11. The van der Waals surface area contributed by atoms with E-state index in [9.17, 15) is 4.79 Å². The highest BCUT2D eigenvalue weighted by Gasteiger charge is 2.25. The molecule has 22 heavy (non-hydrogen) atoms. The van der Waals surface area contributed by atoms with Crippen molar-refractivity contribution >= 4 is 27.7 Å². The number of pyridine rings is 1. The van der Waals surface area contributed by atoms with Gasteiger partial charge in [-0.3, -0.25) is 4.79 Å². The molecule has 1 saturated carbocycles. The lowest BCUT2D eigenvalue weighted by Gasteiger charge is -2.30. The highest BCUT2D eigenvalue weighted by molar-refractivity contribution is 9.10. The molecule has 122 valence electrons. The Labute approximate surface area is 140 Å². The molecule has 0 aromatic carbocycles. The van der Waals surface area contributed by atoms with Gasteiger partial charge in [0.25, 0.3) is 5.91 Å². The summed E-state index contributed by atoms with van der Waals surface area (Å²) in [6.07, 6.45) is 7.77. The lowest BCUT2D eigenvalue weighted by Crippen LogP contribution is -2.46. The Kier molecular flexibility index (Phi) is 6.20. The molecule has 6 heteroatoms. The van der Waals surface area contributed by atoms with Gasteiger partial charge in [0.1, 0.15) is 5.82 Å². The van der Waals surface area contributed by atoms with Gasteiger partial charge in [-0.25, -0.2) is 4.98 Å². The van der Waals surface area contributed by atoms with Gasteiger partial charge >= 0.3 is 0 Å². The average Bonchev–Trinajstić information content (AvgIpc) is 2.52. The summed E-state index contributed by atoms with van der Waals surface area (Å²) in [4.78, 5) is 18.9. The molecule has 1 fully saturated rings. The zero-order valence-electron chi connectivity index (χ0n) is 13.3. The smallest absolute Gasteiger partial charge is 0.255 e. The average molecular weight is 369 g/mol. The molecular weight excluding hydrogens is 344 g/mol. The number of rotatable bonds is 5. The quantitative estimate of drug-likeness (QED) is 0.837. The predicted molar refractivity (Wildman–Crippen MR) is 93.1 cm³/mol. The molecule has 0 spiro atoms. The SMILES string of the molecule is CN(C)c1ncc(Br)cc1C(=O)NC(CN)C1CCCCC1. The fourth-order valence-corrected chi connectivity index (χ4v) is 3.44. The molecule has 1 aromatic rings. The number of amides is 1. The third kappa shape index (κ3) is 4.20. The van der Waals surface area contributed by atoms with E-state index in [1.54, 1.807) is 6.20 Å². The summed E-state index contributed by atoms with van der Waals surface area (Å²) in [6, 6.07) is 1.85. The van der Waals surface area contributed by atoms with Crippen molar-refractivity contribution in [3.05, 3.63) is 22.3 Å². The van der Waals surface area contributed by atoms with Crippen molar-refractivity contribution in [2.24, 2.45) is 11.7 Å². The van der Waals surface area contributed by atoms with Crippen LogP contribution in [0, 0.1) is 5.92 Å². The molecular formula is C16H25BrN4O. The monoisotopic (exact) mass is 368 g/mol. The Morgan fingerprint density at radius 1 is 1.45 bits per heavy atom. The van der Waals surface area contributed by atoms with E-state index >= 15 is 0 Å². The topological polar surface area (TPSA) is 71.2 Å². The molecule has 0 saturated heterocycles. The van der Waals surface area contributed by atoms with E-state index in [2.05, 4.69) is 26.2 Å². The Morgan fingerprint density at radius 3 is 2.73 bits per heavy atom. The molecule has 3 N–H and O–H groups in total. The van der Waals surface area contributed by atoms with Crippen LogP contribution in [-0.4, -0.2) is 37.6 Å². The summed E-state index contributed by atoms with van der Waals surface area (Å²) >= 11 is 3.39. The van der Waals surface area contributed by atoms with Gasteiger partial charge in [-0.15, -0.1) is 0 Å². The van der Waals surface area contributed by atoms with Crippen LogP contribution in [-0.2, 0) is 0 Å². The summed E-state index contributed by atoms with van der Waals surface area (Å²) in [6.45, 7) is 0.481. The fraction of sp³-hybridized carbons (Fsp3) is 0.625. The largest absolute Gasteiger partial charge is 0.362 e. The maximum atomic E-state index is 12.7. The molecule has 1 atom stereocenters. The Bertz CT molecular complexity index is 515. The van der Waals surface area contributed by atoms with Gasteiger partial charge < -0.3 is 16.0 Å². The first-order chi connectivity index (χ1) is 10.5. The Morgan fingerprint density at radius 2 is 2.14 bits per heavy atom. The number of anilines is 1. The molecule has 1 unspecified atom stereocenters. The van der Waals surface area contributed by atoms with Crippen LogP contribution in [0.4, 0.5) is 5.82 Å². The van der Waals surface area contributed by atoms with E-state index in [1.165, 1.54) is 19.3 Å². The van der Waals surface area contributed by atoms with Gasteiger partial charge in [0.05, 0.1) is 5.56 Å². The van der Waals surface area contributed by atoms with Crippen molar-refractivity contribution in [2.75, 3.05) is 25.5 Å². The highest BCUT2D eigenvalue weighted by atomic mass is 79.9. The van der Waals surface area contributed by atoms with Crippen molar-refractivity contribution < 1.29 is 4.79 Å². The molecule has 1 heterocycles. The first-order valence-corrected chi connectivity index (χ1v) is 8.66. The van der Waals surface area contributed by atoms with E-state index in [1.807, 2.05) is 25.1 Å². The Balaban J connectivity index is 2.14. The standard InChI is InChI=1S/C16H25BrN4O/c1-21(2)15-13(8-12(17)10-19-15)16(22)20-14(9-18)11-6-4-3-5-7-11/h8,10-11,14H,3-7,9,18H2,1-2H3,(H,20,22). The highest BCUT2D eigenvalue weighted by Crippen LogP contribution is 2.27. The summed E-state index contributed by atoms with van der Waals surface area (Å²) in [5.41, 5.74) is 6.49. The molecule has 5 nitrogen and oxygen atoms in total. The van der Waals surface area contributed by atoms with Gasteiger partial charge in [0, 0.05) is 37.4 Å². The first-order valence-electron chi connectivity index (χ1n) is 7.86. The minimum absolute atomic E-state index is 0.0433. The summed E-state index contributed by atoms with van der Waals surface area (Å²) in [7, 11) is 3.77. The second-order valence-electron chi connectivity index (χ2n) is 6.13. The van der Waals surface area contributed by atoms with Crippen molar-refractivity contribution in [1.29, 1.82) is 0 Å². The molecule has 2 rings (SSSR count). The van der Waals surface area contributed by atoms with Crippen LogP contribution < -0.4 is 16.0 Å². The van der Waals surface area contributed by atoms with E-state index in [0.29, 0.717) is 23.8 Å². The van der Waals surface area contributed by atoms with E-state index in [-0.39, 0.29) is 11.9 Å². The van der Waals surface area contributed by atoms with Crippen molar-refractivity contribution in [3.8, 4) is 0 Å². The minimum Gasteiger partial charge on any atom is -0.362 e. The second kappa shape index (κ2) is 7.92. The van der Waals surface area contributed by atoms with Gasteiger partial charge in [-0.1, -0.05) is 19.3 Å². The number of nitrogens with zero attached hydrogens (tertiary/aromatic N) is 2. The van der Waals surface area contributed by atoms with Crippen LogP contribution in [0.15, 0.2) is 16.7 Å². The van der Waals surface area contributed by atoms with Crippen LogP contribution in [0.2, 0.25) is 0 Å². The van der Waals surface area contributed by atoms with Crippen molar-refractivity contribution in [1.82, 2.24) is 10.3 Å². The van der Waals surface area contributed by atoms with Crippen LogP contribution >= 0.6 is 15.9 Å². The number of hydrogen-bond acceptors (Lipinski definition) is 4. The van der Waals surface area contributed by atoms with Crippen molar-refractivity contribution in [2.45, 2.75) is 38.1 Å². The van der Waals surface area contributed by atoms with Crippen molar-refractivity contribution in [3.63, 3.8) is 0 Å². The molecule has 0 aliphatic heterocycles. The van der Waals surface area contributed by atoms with E-state index < -0.39 is 0 Å².